The topological polar surface area (TPSA) is 91.8 Å². The van der Waals surface area contributed by atoms with Crippen LogP contribution in [0.5, 0.6) is 0 Å². The number of nitrogens with one attached hydrogen (secondary N) is 1. The quantitative estimate of drug-likeness (QED) is 0.901. The first-order valence-corrected chi connectivity index (χ1v) is 6.87. The van der Waals surface area contributed by atoms with Crippen molar-refractivity contribution < 1.29 is 4.79 Å². The van der Waals surface area contributed by atoms with Gasteiger partial charge in [-0.25, -0.2) is 4.98 Å². The molecule has 3 N–H and O–H groups in total. The van der Waals surface area contributed by atoms with Crippen molar-refractivity contribution in [2.45, 2.75) is 13.0 Å². The molecule has 1 amide bonds. The molecule has 0 aromatic carbocycles. The summed E-state index contributed by atoms with van der Waals surface area (Å²) in [6.45, 7) is 1.81. The van der Waals surface area contributed by atoms with Crippen molar-refractivity contribution in [1.82, 2.24) is 4.98 Å². The van der Waals surface area contributed by atoms with Crippen LogP contribution < -0.4 is 11.1 Å². The zero-order chi connectivity index (χ0) is 13.1. The molecular weight excluding hydrogens is 268 g/mol. The van der Waals surface area contributed by atoms with E-state index in [1.165, 1.54) is 22.7 Å². The summed E-state index contributed by atoms with van der Waals surface area (Å²) in [6, 6.07) is 3.49. The van der Waals surface area contributed by atoms with E-state index in [1.807, 2.05) is 13.0 Å². The summed E-state index contributed by atoms with van der Waals surface area (Å²) in [6.07, 6.45) is 0. The van der Waals surface area contributed by atoms with Gasteiger partial charge in [-0.05, 0) is 18.4 Å². The molecule has 5 nitrogen and oxygen atoms in total. The fraction of sp³-hybridized carbons (Fsp3) is 0.182. The zero-order valence-corrected chi connectivity index (χ0v) is 11.1. The van der Waals surface area contributed by atoms with Crippen LogP contribution in [0.15, 0.2) is 16.8 Å². The standard InChI is InChI=1S/C11H10N4OS2/c1-6(13)10-14-8(5-18-10)9(16)15-11-7(4-12)2-3-17-11/h2-3,5-6H,13H2,1H3,(H,15,16). The largest absolute Gasteiger partial charge is 0.322 e. The Morgan fingerprint density at radius 1 is 1.61 bits per heavy atom. The third-order valence-electron chi connectivity index (χ3n) is 2.16. The molecular formula is C11H10N4OS2. The Morgan fingerprint density at radius 3 is 3.00 bits per heavy atom. The van der Waals surface area contributed by atoms with E-state index in [-0.39, 0.29) is 11.9 Å². The van der Waals surface area contributed by atoms with Gasteiger partial charge in [-0.15, -0.1) is 22.7 Å². The van der Waals surface area contributed by atoms with Gasteiger partial charge in [-0.3, -0.25) is 4.79 Å². The van der Waals surface area contributed by atoms with Crippen LogP contribution in [0.25, 0.3) is 0 Å². The smallest absolute Gasteiger partial charge is 0.275 e. The number of rotatable bonds is 3. The molecule has 7 heteroatoms. The minimum absolute atomic E-state index is 0.187. The van der Waals surface area contributed by atoms with Gasteiger partial charge in [0.25, 0.3) is 5.91 Å². The summed E-state index contributed by atoms with van der Waals surface area (Å²) in [5.74, 6) is -0.322. The summed E-state index contributed by atoms with van der Waals surface area (Å²) >= 11 is 2.66. The van der Waals surface area contributed by atoms with E-state index in [9.17, 15) is 4.79 Å². The van der Waals surface area contributed by atoms with Crippen LogP contribution >= 0.6 is 22.7 Å². The van der Waals surface area contributed by atoms with Crippen LogP contribution in [-0.2, 0) is 0 Å². The molecule has 2 aromatic rings. The minimum Gasteiger partial charge on any atom is -0.322 e. The second-order valence-electron chi connectivity index (χ2n) is 3.59. The SMILES string of the molecule is CC(N)c1nc(C(=O)Nc2sccc2C#N)cs1. The van der Waals surface area contributed by atoms with Crippen LogP contribution in [0.3, 0.4) is 0 Å². The van der Waals surface area contributed by atoms with Crippen LogP contribution in [0.4, 0.5) is 5.00 Å². The second-order valence-corrected chi connectivity index (χ2v) is 5.39. The molecule has 0 bridgehead atoms. The Morgan fingerprint density at radius 2 is 2.39 bits per heavy atom. The molecule has 2 aromatic heterocycles. The van der Waals surface area contributed by atoms with Crippen molar-refractivity contribution in [2.24, 2.45) is 5.73 Å². The summed E-state index contributed by atoms with van der Waals surface area (Å²) in [5, 5.41) is 16.2. The van der Waals surface area contributed by atoms with Crippen LogP contribution in [-0.4, -0.2) is 10.9 Å². The van der Waals surface area contributed by atoms with Crippen molar-refractivity contribution in [3.05, 3.63) is 33.1 Å². The first-order valence-electron chi connectivity index (χ1n) is 5.11. The number of thiazole rings is 1. The molecule has 0 spiro atoms. The summed E-state index contributed by atoms with van der Waals surface area (Å²) in [7, 11) is 0. The molecule has 2 rings (SSSR count). The molecule has 0 fully saturated rings. The van der Waals surface area contributed by atoms with Gasteiger partial charge in [-0.2, -0.15) is 5.26 Å². The number of nitrogens with zero attached hydrogens (tertiary/aromatic N) is 2. The summed E-state index contributed by atoms with van der Waals surface area (Å²) in [5.41, 5.74) is 6.46. The Bertz CT molecular complexity index is 609. The Kier molecular flexibility index (Phi) is 3.72. The zero-order valence-electron chi connectivity index (χ0n) is 9.51. The van der Waals surface area contributed by atoms with Crippen LogP contribution in [0.1, 0.15) is 34.0 Å². The maximum atomic E-state index is 11.9. The van der Waals surface area contributed by atoms with Crippen molar-refractivity contribution in [3.8, 4) is 6.07 Å². The fourth-order valence-electron chi connectivity index (χ4n) is 1.26. The Balaban J connectivity index is 2.15. The van der Waals surface area contributed by atoms with E-state index in [0.717, 1.165) is 0 Å². The van der Waals surface area contributed by atoms with E-state index in [4.69, 9.17) is 11.0 Å². The van der Waals surface area contributed by atoms with E-state index in [1.54, 1.807) is 16.8 Å². The van der Waals surface area contributed by atoms with Gasteiger partial charge in [0.15, 0.2) is 0 Å². The highest BCUT2D eigenvalue weighted by molar-refractivity contribution is 7.14. The molecule has 18 heavy (non-hydrogen) atoms. The second kappa shape index (κ2) is 5.27. The number of nitrogens with two attached hydrogens (primary N) is 1. The van der Waals surface area contributed by atoms with E-state index < -0.39 is 0 Å². The van der Waals surface area contributed by atoms with Crippen molar-refractivity contribution in [3.63, 3.8) is 0 Å². The number of hydrogen-bond donors (Lipinski definition) is 2. The normalized spacial score (nSPS) is 11.8. The molecule has 1 unspecified atom stereocenters. The molecule has 0 radical (unpaired) electrons. The highest BCUT2D eigenvalue weighted by atomic mass is 32.1. The van der Waals surface area contributed by atoms with Gasteiger partial charge in [-0.1, -0.05) is 0 Å². The molecule has 2 heterocycles. The highest BCUT2D eigenvalue weighted by Crippen LogP contribution is 2.23. The number of thiophene rings is 1. The maximum Gasteiger partial charge on any atom is 0.275 e. The van der Waals surface area contributed by atoms with Gasteiger partial charge in [0.1, 0.15) is 21.8 Å². The lowest BCUT2D eigenvalue weighted by Crippen LogP contribution is -2.13. The Hall–Kier alpha value is -1.75. The molecule has 0 aliphatic carbocycles. The van der Waals surface area contributed by atoms with Crippen LogP contribution in [0, 0.1) is 11.3 Å². The van der Waals surface area contributed by atoms with Gasteiger partial charge in [0, 0.05) is 5.38 Å². The molecule has 1 atom stereocenters. The van der Waals surface area contributed by atoms with Crippen molar-refractivity contribution in [1.29, 1.82) is 5.26 Å². The molecule has 0 aliphatic rings. The third kappa shape index (κ3) is 2.56. The summed E-state index contributed by atoms with van der Waals surface area (Å²) in [4.78, 5) is 16.1. The fourth-order valence-corrected chi connectivity index (χ4v) is 2.75. The average Bonchev–Trinajstić information content (AvgIpc) is 2.96. The monoisotopic (exact) mass is 278 g/mol. The Labute approximate surface area is 112 Å². The van der Waals surface area contributed by atoms with Crippen molar-refractivity contribution in [2.75, 3.05) is 5.32 Å². The number of amides is 1. The first kappa shape index (κ1) is 12.7. The predicted molar refractivity (Wildman–Crippen MR) is 71.7 cm³/mol. The van der Waals surface area contributed by atoms with Gasteiger partial charge >= 0.3 is 0 Å². The molecule has 0 aliphatic heterocycles. The lowest BCUT2D eigenvalue weighted by atomic mass is 10.3. The lowest BCUT2D eigenvalue weighted by Gasteiger charge is -2.00. The number of hydrogen-bond acceptors (Lipinski definition) is 6. The molecule has 0 saturated heterocycles. The molecule has 0 saturated carbocycles. The van der Waals surface area contributed by atoms with Gasteiger partial charge in [0.2, 0.25) is 0 Å². The number of aromatic nitrogens is 1. The highest BCUT2D eigenvalue weighted by Gasteiger charge is 2.14. The summed E-state index contributed by atoms with van der Waals surface area (Å²) < 4.78 is 0. The number of anilines is 1. The van der Waals surface area contributed by atoms with E-state index in [0.29, 0.717) is 21.3 Å². The third-order valence-corrected chi connectivity index (χ3v) is 4.03. The number of carbonyl (C=O) groups is 1. The average molecular weight is 278 g/mol. The van der Waals surface area contributed by atoms with E-state index in [2.05, 4.69) is 10.3 Å². The predicted octanol–water partition coefficient (Wildman–Crippen LogP) is 2.35. The van der Waals surface area contributed by atoms with Gasteiger partial charge < -0.3 is 11.1 Å². The van der Waals surface area contributed by atoms with Crippen LogP contribution in [0.2, 0.25) is 0 Å². The molecule has 92 valence electrons. The minimum atomic E-state index is -0.322. The first-order chi connectivity index (χ1) is 8.61. The van der Waals surface area contributed by atoms with Gasteiger partial charge in [0.05, 0.1) is 11.6 Å². The van der Waals surface area contributed by atoms with Crippen molar-refractivity contribution >= 4 is 33.6 Å². The van der Waals surface area contributed by atoms with E-state index >= 15 is 0 Å². The lowest BCUT2D eigenvalue weighted by molar-refractivity contribution is 0.102. The number of carbonyl (C=O) groups excluding carboxylic acids is 1. The maximum absolute atomic E-state index is 11.9. The number of nitriles is 1.